The minimum absolute atomic E-state index is 0.0410. The lowest BCUT2D eigenvalue weighted by molar-refractivity contribution is -0.720. The van der Waals surface area contributed by atoms with Crippen molar-refractivity contribution < 1.29 is 14.4 Å². The van der Waals surface area contributed by atoms with Crippen LogP contribution in [0.1, 0.15) is 32.1 Å². The minimum atomic E-state index is -0.0410. The van der Waals surface area contributed by atoms with Gasteiger partial charge < -0.3 is 4.74 Å². The van der Waals surface area contributed by atoms with Crippen LogP contribution in [0, 0.1) is 5.92 Å². The van der Waals surface area contributed by atoms with Crippen molar-refractivity contribution in [1.29, 1.82) is 0 Å². The van der Waals surface area contributed by atoms with Gasteiger partial charge in [0.15, 0.2) is 12.0 Å². The highest BCUT2D eigenvalue weighted by Crippen LogP contribution is 2.27. The van der Waals surface area contributed by atoms with E-state index in [2.05, 4.69) is 11.1 Å². The molecule has 1 aromatic rings. The molecule has 1 fully saturated rings. The van der Waals surface area contributed by atoms with Crippen LogP contribution in [0.25, 0.3) is 0 Å². The normalized spacial score (nSPS) is 21.1. The maximum atomic E-state index is 11.8. The molecule has 1 aromatic carbocycles. The summed E-state index contributed by atoms with van der Waals surface area (Å²) in [4.78, 5) is 17.3. The number of carbonyl (C=O) groups excluding carboxylic acids is 1. The second-order valence-electron chi connectivity index (χ2n) is 5.63. The molecule has 1 N–H and O–H groups in total. The first kappa shape index (κ1) is 13.3. The van der Waals surface area contributed by atoms with Gasteiger partial charge in [-0.25, -0.2) is 0 Å². The van der Waals surface area contributed by atoms with Crippen LogP contribution in [0.2, 0.25) is 0 Å². The highest BCUT2D eigenvalue weighted by molar-refractivity contribution is 5.72. The number of aliphatic imine (C=N–C) groups is 1. The van der Waals surface area contributed by atoms with Crippen molar-refractivity contribution in [2.75, 3.05) is 13.2 Å². The Labute approximate surface area is 119 Å². The lowest BCUT2D eigenvalue weighted by Crippen LogP contribution is -3.05. The topological polar surface area (TPSA) is 43.1 Å². The number of hydrogen-bond acceptors (Lipinski definition) is 3. The van der Waals surface area contributed by atoms with E-state index in [1.54, 1.807) is 0 Å². The van der Waals surface area contributed by atoms with Crippen molar-refractivity contribution in [2.45, 2.75) is 32.1 Å². The van der Waals surface area contributed by atoms with Gasteiger partial charge in [0.05, 0.1) is 0 Å². The SMILES string of the molecule is O=C(CC1CCCC1)OCC[NH+]1C=Nc2ccccc21. The zero-order valence-corrected chi connectivity index (χ0v) is 11.7. The molecule has 3 rings (SSSR count). The second kappa shape index (κ2) is 6.18. The smallest absolute Gasteiger partial charge is 0.306 e. The number of nitrogens with one attached hydrogen (secondary N) is 1. The van der Waals surface area contributed by atoms with E-state index in [9.17, 15) is 4.79 Å². The molecule has 1 atom stereocenters. The molecule has 1 unspecified atom stereocenters. The molecular formula is C16H21N2O2+. The van der Waals surface area contributed by atoms with Crippen LogP contribution in [0.3, 0.4) is 0 Å². The maximum absolute atomic E-state index is 11.8. The van der Waals surface area contributed by atoms with E-state index in [4.69, 9.17) is 4.74 Å². The molecule has 4 nitrogen and oxygen atoms in total. The number of fused-ring (bicyclic) bond motifs is 1. The van der Waals surface area contributed by atoms with Crippen LogP contribution in [-0.4, -0.2) is 25.5 Å². The maximum Gasteiger partial charge on any atom is 0.306 e. The third-order valence-electron chi connectivity index (χ3n) is 4.17. The van der Waals surface area contributed by atoms with Crippen LogP contribution in [-0.2, 0) is 9.53 Å². The fourth-order valence-electron chi connectivity index (χ4n) is 3.06. The fraction of sp³-hybridized carbons (Fsp3) is 0.500. The van der Waals surface area contributed by atoms with Gasteiger partial charge >= 0.3 is 5.97 Å². The minimum Gasteiger partial charge on any atom is -0.460 e. The number of benzene rings is 1. The standard InChI is InChI=1S/C16H20N2O2/c19-16(11-13-5-1-2-6-13)20-10-9-18-12-17-14-7-3-4-8-15(14)18/h3-4,7-8,12-13H,1-2,5-6,9-11H2/p+1. The van der Waals surface area contributed by atoms with Gasteiger partial charge in [-0.1, -0.05) is 25.0 Å². The molecular weight excluding hydrogens is 252 g/mol. The highest BCUT2D eigenvalue weighted by Gasteiger charge is 2.22. The molecule has 20 heavy (non-hydrogen) atoms. The first-order valence-corrected chi connectivity index (χ1v) is 7.48. The molecule has 0 saturated heterocycles. The van der Waals surface area contributed by atoms with Crippen molar-refractivity contribution in [3.8, 4) is 0 Å². The second-order valence-corrected chi connectivity index (χ2v) is 5.63. The Kier molecular flexibility index (Phi) is 4.11. The average Bonchev–Trinajstić information content (AvgIpc) is 3.09. The molecule has 1 aliphatic heterocycles. The summed E-state index contributed by atoms with van der Waals surface area (Å²) in [6.45, 7) is 1.21. The van der Waals surface area contributed by atoms with Crippen LogP contribution in [0.5, 0.6) is 0 Å². The number of carbonyl (C=O) groups is 1. The summed E-state index contributed by atoms with van der Waals surface area (Å²) in [6, 6.07) is 8.07. The van der Waals surface area contributed by atoms with Crippen LogP contribution < -0.4 is 4.90 Å². The molecule has 1 saturated carbocycles. The van der Waals surface area contributed by atoms with Gasteiger partial charge in [0.25, 0.3) is 0 Å². The quantitative estimate of drug-likeness (QED) is 0.834. The number of para-hydroxylation sites is 2. The van der Waals surface area contributed by atoms with Crippen molar-refractivity contribution in [3.63, 3.8) is 0 Å². The van der Waals surface area contributed by atoms with Gasteiger partial charge in [-0.15, -0.1) is 0 Å². The Morgan fingerprint density at radius 1 is 1.30 bits per heavy atom. The monoisotopic (exact) mass is 273 g/mol. The number of nitrogens with zero attached hydrogens (tertiary/aromatic N) is 1. The molecule has 0 bridgehead atoms. The average molecular weight is 273 g/mol. The first-order valence-electron chi connectivity index (χ1n) is 7.48. The number of quaternary nitrogens is 1. The third kappa shape index (κ3) is 3.07. The van der Waals surface area contributed by atoms with E-state index in [1.807, 2.05) is 24.5 Å². The van der Waals surface area contributed by atoms with Crippen LogP contribution in [0.15, 0.2) is 29.3 Å². The molecule has 0 radical (unpaired) electrons. The summed E-state index contributed by atoms with van der Waals surface area (Å²) in [6.07, 6.45) is 7.39. The van der Waals surface area contributed by atoms with E-state index in [0.717, 1.165) is 17.1 Å². The fourth-order valence-corrected chi connectivity index (χ4v) is 3.06. The summed E-state index contributed by atoms with van der Waals surface area (Å²) in [5, 5.41) is 0. The first-order chi connectivity index (χ1) is 9.83. The van der Waals surface area contributed by atoms with Gasteiger partial charge in [-0.3, -0.25) is 9.69 Å². The molecule has 4 heteroatoms. The Morgan fingerprint density at radius 2 is 2.10 bits per heavy atom. The summed E-state index contributed by atoms with van der Waals surface area (Å²) in [5.41, 5.74) is 2.18. The van der Waals surface area contributed by atoms with Crippen molar-refractivity contribution in [2.24, 2.45) is 10.9 Å². The predicted molar refractivity (Wildman–Crippen MR) is 77.6 cm³/mol. The third-order valence-corrected chi connectivity index (χ3v) is 4.17. The highest BCUT2D eigenvalue weighted by atomic mass is 16.5. The van der Waals surface area contributed by atoms with Crippen LogP contribution >= 0.6 is 0 Å². The Hall–Kier alpha value is -1.68. The van der Waals surface area contributed by atoms with Gasteiger partial charge in [-0.2, -0.15) is 4.99 Å². The lowest BCUT2D eigenvalue weighted by Gasteiger charge is -2.11. The van der Waals surface area contributed by atoms with E-state index >= 15 is 0 Å². The summed E-state index contributed by atoms with van der Waals surface area (Å²) >= 11 is 0. The Morgan fingerprint density at radius 3 is 2.95 bits per heavy atom. The van der Waals surface area contributed by atoms with Crippen molar-refractivity contribution in [1.82, 2.24) is 0 Å². The van der Waals surface area contributed by atoms with Crippen molar-refractivity contribution in [3.05, 3.63) is 24.3 Å². The number of esters is 1. The summed E-state index contributed by atoms with van der Waals surface area (Å²) in [7, 11) is 0. The van der Waals surface area contributed by atoms with Gasteiger partial charge in [0.2, 0.25) is 0 Å². The molecule has 1 heterocycles. The molecule has 1 aliphatic carbocycles. The predicted octanol–water partition coefficient (Wildman–Crippen LogP) is 2.00. The summed E-state index contributed by atoms with van der Waals surface area (Å²) < 4.78 is 5.36. The molecule has 106 valence electrons. The molecule has 0 amide bonds. The van der Waals surface area contributed by atoms with E-state index < -0.39 is 0 Å². The van der Waals surface area contributed by atoms with Gasteiger partial charge in [0.1, 0.15) is 18.8 Å². The van der Waals surface area contributed by atoms with E-state index in [-0.39, 0.29) is 5.97 Å². The van der Waals surface area contributed by atoms with E-state index in [1.165, 1.54) is 31.4 Å². The zero-order chi connectivity index (χ0) is 13.8. The molecule has 0 spiro atoms. The van der Waals surface area contributed by atoms with Gasteiger partial charge in [-0.05, 0) is 24.8 Å². The van der Waals surface area contributed by atoms with E-state index in [0.29, 0.717) is 18.9 Å². The Balaban J connectivity index is 1.42. The zero-order valence-electron chi connectivity index (χ0n) is 11.7. The number of hydrogen-bond donors (Lipinski definition) is 1. The largest absolute Gasteiger partial charge is 0.460 e. The van der Waals surface area contributed by atoms with Crippen molar-refractivity contribution >= 4 is 23.7 Å². The lowest BCUT2D eigenvalue weighted by atomic mass is 10.1. The number of ether oxygens (including phenoxy) is 1. The van der Waals surface area contributed by atoms with Crippen LogP contribution in [0.4, 0.5) is 11.4 Å². The molecule has 2 aliphatic rings. The number of rotatable bonds is 5. The Bertz CT molecular complexity index is 507. The van der Waals surface area contributed by atoms with Gasteiger partial charge in [0, 0.05) is 12.5 Å². The molecule has 0 aromatic heterocycles. The summed E-state index contributed by atoms with van der Waals surface area (Å²) in [5.74, 6) is 0.518.